The van der Waals surface area contributed by atoms with E-state index in [1.165, 1.54) is 11.3 Å². The Morgan fingerprint density at radius 2 is 2.09 bits per heavy atom. The van der Waals surface area contributed by atoms with Gasteiger partial charge in [0.2, 0.25) is 0 Å². The summed E-state index contributed by atoms with van der Waals surface area (Å²) in [5, 5.41) is 3.76. The summed E-state index contributed by atoms with van der Waals surface area (Å²) in [7, 11) is 0. The van der Waals surface area contributed by atoms with Crippen molar-refractivity contribution < 1.29 is 4.79 Å². The van der Waals surface area contributed by atoms with Crippen LogP contribution in [-0.4, -0.2) is 20.9 Å². The largest absolute Gasteiger partial charge is 0.332 e. The first-order chi connectivity index (χ1) is 10.4. The van der Waals surface area contributed by atoms with Crippen LogP contribution in [0.3, 0.4) is 0 Å². The van der Waals surface area contributed by atoms with E-state index in [4.69, 9.17) is 12.2 Å². The Bertz CT molecular complexity index is 980. The van der Waals surface area contributed by atoms with Gasteiger partial charge in [-0.05, 0) is 44.3 Å². The van der Waals surface area contributed by atoms with E-state index in [0.29, 0.717) is 21.6 Å². The van der Waals surface area contributed by atoms with Gasteiger partial charge < -0.3 is 4.98 Å². The Hall–Kier alpha value is -2.32. The van der Waals surface area contributed by atoms with Crippen LogP contribution in [0.4, 0.5) is 5.13 Å². The molecule has 22 heavy (non-hydrogen) atoms. The topological polar surface area (TPSA) is 90.6 Å². The number of fused-ring (bicyclic) bond motifs is 1. The third-order valence-corrected chi connectivity index (χ3v) is 4.44. The fourth-order valence-electron chi connectivity index (χ4n) is 2.01. The van der Waals surface area contributed by atoms with Crippen molar-refractivity contribution in [3.8, 4) is 0 Å². The van der Waals surface area contributed by atoms with Gasteiger partial charge in [-0.2, -0.15) is 0 Å². The molecule has 0 unspecified atom stereocenters. The number of anilines is 1. The number of H-pyrrole nitrogens is 2. The number of thiazole rings is 1. The second-order valence-electron chi connectivity index (χ2n) is 4.78. The van der Waals surface area contributed by atoms with Crippen LogP contribution in [0.25, 0.3) is 10.9 Å². The zero-order valence-electron chi connectivity index (χ0n) is 11.8. The van der Waals surface area contributed by atoms with Gasteiger partial charge in [0.15, 0.2) is 9.90 Å². The number of hydrogen-bond donors (Lipinski definition) is 3. The van der Waals surface area contributed by atoms with Gasteiger partial charge in [0.1, 0.15) is 0 Å². The number of benzene rings is 1. The normalized spacial score (nSPS) is 10.8. The van der Waals surface area contributed by atoms with Crippen molar-refractivity contribution in [2.75, 3.05) is 5.32 Å². The molecule has 112 valence electrons. The monoisotopic (exact) mass is 332 g/mol. The maximum Gasteiger partial charge on any atom is 0.259 e. The van der Waals surface area contributed by atoms with E-state index < -0.39 is 0 Å². The second-order valence-corrected chi connectivity index (χ2v) is 6.39. The Morgan fingerprint density at radius 1 is 1.32 bits per heavy atom. The summed E-state index contributed by atoms with van der Waals surface area (Å²) in [5.41, 5.74) is 1.56. The first-order valence-corrected chi connectivity index (χ1v) is 7.68. The molecule has 0 fully saturated rings. The van der Waals surface area contributed by atoms with Gasteiger partial charge in [-0.3, -0.25) is 19.9 Å². The number of hydrogen-bond acceptors (Lipinski definition) is 5. The van der Waals surface area contributed by atoms with Crippen LogP contribution in [0.2, 0.25) is 0 Å². The van der Waals surface area contributed by atoms with E-state index in [2.05, 4.69) is 20.3 Å². The number of nitrogens with zero attached hydrogens (tertiary/aromatic N) is 1. The molecule has 0 saturated carbocycles. The van der Waals surface area contributed by atoms with Gasteiger partial charge in [0.05, 0.1) is 16.6 Å². The summed E-state index contributed by atoms with van der Waals surface area (Å²) in [4.78, 5) is 34.7. The van der Waals surface area contributed by atoms with Crippen LogP contribution < -0.4 is 10.9 Å². The highest BCUT2D eigenvalue weighted by atomic mass is 32.1. The van der Waals surface area contributed by atoms with E-state index in [1.807, 2.05) is 13.8 Å². The average Bonchev–Trinajstić information content (AvgIpc) is 2.76. The lowest BCUT2D eigenvalue weighted by molar-refractivity contribution is 0.102. The number of aromatic amines is 2. The van der Waals surface area contributed by atoms with Crippen molar-refractivity contribution in [1.82, 2.24) is 15.0 Å². The van der Waals surface area contributed by atoms with Crippen LogP contribution in [0, 0.1) is 18.6 Å². The van der Waals surface area contributed by atoms with Crippen molar-refractivity contribution in [3.05, 3.63) is 49.5 Å². The highest BCUT2D eigenvalue weighted by Gasteiger charge is 2.11. The molecule has 3 aromatic rings. The highest BCUT2D eigenvalue weighted by molar-refractivity contribution is 7.71. The molecular formula is C14H12N4O2S2. The molecule has 2 heterocycles. The second kappa shape index (κ2) is 5.47. The molecule has 0 radical (unpaired) electrons. The standard InChI is InChI=1S/C14H12N4O2S2/c1-6-7(2)22-14(15-6)18-11(19)8-3-4-9-10(5-8)16-13(21)17-12(9)20/h3-5H,1-2H3,(H,15,18,19)(H2,16,17,20,21). The predicted octanol–water partition coefficient (Wildman–Crippen LogP) is 2.91. The van der Waals surface area contributed by atoms with E-state index in [-0.39, 0.29) is 16.2 Å². The minimum atomic E-state index is -0.282. The number of carbonyl (C=O) groups is 1. The van der Waals surface area contributed by atoms with E-state index in [9.17, 15) is 9.59 Å². The number of rotatable bonds is 2. The Balaban J connectivity index is 1.97. The Morgan fingerprint density at radius 3 is 2.77 bits per heavy atom. The molecule has 0 saturated heterocycles. The Kier molecular flexibility index (Phi) is 3.63. The summed E-state index contributed by atoms with van der Waals surface area (Å²) in [6.07, 6.45) is 0. The van der Waals surface area contributed by atoms with Crippen molar-refractivity contribution in [2.24, 2.45) is 0 Å². The fraction of sp³-hybridized carbons (Fsp3) is 0.143. The van der Waals surface area contributed by atoms with Crippen molar-refractivity contribution in [2.45, 2.75) is 13.8 Å². The molecule has 3 N–H and O–H groups in total. The lowest BCUT2D eigenvalue weighted by atomic mass is 10.1. The average molecular weight is 332 g/mol. The van der Waals surface area contributed by atoms with Crippen molar-refractivity contribution >= 4 is 45.5 Å². The molecule has 3 rings (SSSR count). The molecule has 0 aliphatic heterocycles. The van der Waals surface area contributed by atoms with Crippen LogP contribution in [0.5, 0.6) is 0 Å². The first kappa shape index (κ1) is 14.6. The summed E-state index contributed by atoms with van der Waals surface area (Å²) in [6, 6.07) is 4.78. The summed E-state index contributed by atoms with van der Waals surface area (Å²) >= 11 is 6.36. The minimum absolute atomic E-state index is 0.223. The number of nitrogens with one attached hydrogen (secondary N) is 3. The van der Waals surface area contributed by atoms with Gasteiger partial charge in [-0.1, -0.05) is 0 Å². The van der Waals surface area contributed by atoms with Crippen molar-refractivity contribution in [3.63, 3.8) is 0 Å². The molecule has 0 bridgehead atoms. The van der Waals surface area contributed by atoms with E-state index in [1.54, 1.807) is 18.2 Å². The predicted molar refractivity (Wildman–Crippen MR) is 89.3 cm³/mol. The van der Waals surface area contributed by atoms with Gasteiger partial charge in [-0.15, -0.1) is 11.3 Å². The summed E-state index contributed by atoms with van der Waals surface area (Å²) in [5.74, 6) is -0.282. The third-order valence-electron chi connectivity index (χ3n) is 3.25. The molecule has 0 atom stereocenters. The lowest BCUT2D eigenvalue weighted by Crippen LogP contribution is -2.13. The SMILES string of the molecule is Cc1nc(NC(=O)c2ccc3c(=O)[nH]c(=S)[nH]c3c2)sc1C. The maximum atomic E-state index is 12.3. The van der Waals surface area contributed by atoms with E-state index in [0.717, 1.165) is 10.6 Å². The van der Waals surface area contributed by atoms with Crippen molar-refractivity contribution in [1.29, 1.82) is 0 Å². The van der Waals surface area contributed by atoms with E-state index >= 15 is 0 Å². The molecule has 0 aliphatic carbocycles. The number of carbonyl (C=O) groups excluding carboxylic acids is 1. The summed E-state index contributed by atoms with van der Waals surface area (Å²) < 4.78 is 0.223. The fourth-order valence-corrected chi connectivity index (χ4v) is 3.02. The Labute approximate surface area is 134 Å². The molecule has 2 aromatic heterocycles. The zero-order chi connectivity index (χ0) is 15.9. The highest BCUT2D eigenvalue weighted by Crippen LogP contribution is 2.22. The van der Waals surface area contributed by atoms with Gasteiger partial charge in [-0.25, -0.2) is 4.98 Å². The quantitative estimate of drug-likeness (QED) is 0.629. The lowest BCUT2D eigenvalue weighted by Gasteiger charge is -2.03. The number of aromatic nitrogens is 3. The number of amides is 1. The first-order valence-electron chi connectivity index (χ1n) is 6.46. The maximum absolute atomic E-state index is 12.3. The molecule has 6 nitrogen and oxygen atoms in total. The van der Waals surface area contributed by atoms with Crippen LogP contribution >= 0.6 is 23.6 Å². The van der Waals surface area contributed by atoms with Crippen LogP contribution in [-0.2, 0) is 0 Å². The molecule has 0 spiro atoms. The van der Waals surface area contributed by atoms with Crippen LogP contribution in [0.1, 0.15) is 20.9 Å². The van der Waals surface area contributed by atoms with Gasteiger partial charge in [0, 0.05) is 10.4 Å². The van der Waals surface area contributed by atoms with Crippen LogP contribution in [0.15, 0.2) is 23.0 Å². The number of aryl methyl sites for hydroxylation is 2. The molecular weight excluding hydrogens is 320 g/mol. The minimum Gasteiger partial charge on any atom is -0.332 e. The molecule has 1 amide bonds. The molecule has 0 aliphatic rings. The smallest absolute Gasteiger partial charge is 0.259 e. The third kappa shape index (κ3) is 2.70. The van der Waals surface area contributed by atoms with Gasteiger partial charge >= 0.3 is 0 Å². The molecule has 1 aromatic carbocycles. The van der Waals surface area contributed by atoms with Gasteiger partial charge in [0.25, 0.3) is 11.5 Å². The summed E-state index contributed by atoms with van der Waals surface area (Å²) in [6.45, 7) is 3.84. The zero-order valence-corrected chi connectivity index (χ0v) is 13.4. The molecule has 8 heteroatoms.